The third-order valence-electron chi connectivity index (χ3n) is 4.20. The fourth-order valence-electron chi connectivity index (χ4n) is 3.06. The first kappa shape index (κ1) is 17.6. The van der Waals surface area contributed by atoms with E-state index in [0.717, 1.165) is 20.9 Å². The fraction of sp³-hybridized carbons (Fsp3) is 0.0556. The van der Waals surface area contributed by atoms with Crippen molar-refractivity contribution >= 4 is 74.0 Å². The van der Waals surface area contributed by atoms with Gasteiger partial charge >= 0.3 is 0 Å². The summed E-state index contributed by atoms with van der Waals surface area (Å²) < 4.78 is 2.77. The number of ketones is 1. The largest absolute Gasteiger partial charge is 0.335 e. The summed E-state index contributed by atoms with van der Waals surface area (Å²) in [5.41, 5.74) is 4.53. The highest BCUT2D eigenvalue weighted by Crippen LogP contribution is 2.35. The summed E-state index contributed by atoms with van der Waals surface area (Å²) >= 11 is 5.76. The maximum absolute atomic E-state index is 13.2. The third-order valence-corrected chi connectivity index (χ3v) is 6.56. The Hall–Kier alpha value is -1.83. The normalized spacial score (nSPS) is 11.2. The van der Waals surface area contributed by atoms with Gasteiger partial charge in [0.2, 0.25) is 5.78 Å². The van der Waals surface area contributed by atoms with Gasteiger partial charge in [-0.3, -0.25) is 8.77 Å². The second-order valence-electron chi connectivity index (χ2n) is 5.78. The second kappa shape index (κ2) is 6.72. The van der Waals surface area contributed by atoms with E-state index in [1.54, 1.807) is 27.3 Å². The average Bonchev–Trinajstić information content (AvgIpc) is 3.24. The molecule has 0 saturated heterocycles. The zero-order chi connectivity index (χ0) is 18.4. The molecular weight excluding hydrogens is 527 g/mol. The van der Waals surface area contributed by atoms with Gasteiger partial charge in [-0.1, -0.05) is 0 Å². The lowest BCUT2D eigenvalue weighted by molar-refractivity contribution is 0.103. The van der Waals surface area contributed by atoms with Crippen molar-refractivity contribution in [3.63, 3.8) is 0 Å². The van der Waals surface area contributed by atoms with Crippen molar-refractivity contribution < 1.29 is 4.79 Å². The van der Waals surface area contributed by atoms with Gasteiger partial charge in [0.1, 0.15) is 0 Å². The number of aryl methyl sites for hydroxylation is 1. The number of benzene rings is 2. The molecule has 0 saturated carbocycles. The molecule has 2 heterocycles. The van der Waals surface area contributed by atoms with E-state index < -0.39 is 0 Å². The fourth-order valence-corrected chi connectivity index (χ4v) is 5.20. The van der Waals surface area contributed by atoms with Crippen LogP contribution in [0.3, 0.4) is 0 Å². The number of aromatic amines is 1. The van der Waals surface area contributed by atoms with Crippen LogP contribution < -0.4 is 0 Å². The molecule has 0 aliphatic rings. The number of hydrogen-bond donors (Lipinski definition) is 1. The Labute approximate surface area is 173 Å². The Morgan fingerprint density at radius 2 is 2.19 bits per heavy atom. The van der Waals surface area contributed by atoms with E-state index in [1.807, 2.05) is 29.2 Å². The molecule has 26 heavy (non-hydrogen) atoms. The van der Waals surface area contributed by atoms with Gasteiger partial charge in [-0.25, -0.2) is 4.98 Å². The first-order valence-electron chi connectivity index (χ1n) is 7.57. The maximum Gasteiger partial charge on any atom is 0.230 e. The number of halogens is 2. The van der Waals surface area contributed by atoms with E-state index in [-0.39, 0.29) is 11.6 Å². The molecule has 0 unspecified atom stereocenters. The molecule has 0 aliphatic heterocycles. The van der Waals surface area contributed by atoms with Crippen LogP contribution in [0, 0.1) is 18.3 Å². The number of imidazole rings is 1. The van der Waals surface area contributed by atoms with Crippen LogP contribution in [-0.2, 0) is 0 Å². The molecule has 5 nitrogen and oxygen atoms in total. The van der Waals surface area contributed by atoms with E-state index in [2.05, 4.69) is 53.2 Å². The molecule has 8 heteroatoms. The Morgan fingerprint density at radius 1 is 1.38 bits per heavy atom. The van der Waals surface area contributed by atoms with Crippen LogP contribution in [0.15, 0.2) is 41.0 Å². The third kappa shape index (κ3) is 2.74. The molecule has 1 N–H and O–H groups in total. The van der Waals surface area contributed by atoms with Gasteiger partial charge in [-0.15, -0.1) is 0 Å². The SMILES string of the molecule is Cc1cc(Br)c(C(=O)c2nc3ccc(C#N)cc3[nH]2)c2ccn(SI)c12. The van der Waals surface area contributed by atoms with Crippen molar-refractivity contribution in [2.24, 2.45) is 0 Å². The summed E-state index contributed by atoms with van der Waals surface area (Å²) in [7, 11) is 1.56. The van der Waals surface area contributed by atoms with Gasteiger partial charge in [-0.05, 0) is 58.7 Å². The molecule has 128 valence electrons. The molecule has 0 fully saturated rings. The lowest BCUT2D eigenvalue weighted by Crippen LogP contribution is -2.06. The van der Waals surface area contributed by atoms with Crippen molar-refractivity contribution in [1.82, 2.24) is 13.9 Å². The number of fused-ring (bicyclic) bond motifs is 2. The Morgan fingerprint density at radius 3 is 2.92 bits per heavy atom. The van der Waals surface area contributed by atoms with E-state index in [9.17, 15) is 4.79 Å². The quantitative estimate of drug-likeness (QED) is 0.275. The number of aromatic nitrogens is 3. The number of nitrogens with one attached hydrogen (secondary N) is 1. The van der Waals surface area contributed by atoms with Crippen LogP contribution in [0.5, 0.6) is 0 Å². The van der Waals surface area contributed by atoms with E-state index >= 15 is 0 Å². The minimum Gasteiger partial charge on any atom is -0.335 e. The van der Waals surface area contributed by atoms with Crippen molar-refractivity contribution in [3.8, 4) is 6.07 Å². The molecule has 0 amide bonds. The highest BCUT2D eigenvalue weighted by molar-refractivity contribution is 14.2. The van der Waals surface area contributed by atoms with Crippen LogP contribution in [-0.4, -0.2) is 19.7 Å². The zero-order valence-electron chi connectivity index (χ0n) is 13.4. The van der Waals surface area contributed by atoms with Crippen LogP contribution in [0.25, 0.3) is 21.9 Å². The molecule has 4 rings (SSSR count). The standard InChI is InChI=1S/C18H10BrIN4OS/c1-9-6-12(19)15(11-4-5-24(26-20)16(9)11)17(25)18-22-13-3-2-10(8-21)7-14(13)23-18/h2-7H,1H3,(H,22,23). The van der Waals surface area contributed by atoms with Crippen molar-refractivity contribution in [1.29, 1.82) is 5.26 Å². The Kier molecular flexibility index (Phi) is 4.54. The molecule has 0 aliphatic carbocycles. The van der Waals surface area contributed by atoms with Gasteiger partial charge in [0.05, 0.1) is 28.2 Å². The van der Waals surface area contributed by atoms with Crippen molar-refractivity contribution in [2.75, 3.05) is 0 Å². The van der Waals surface area contributed by atoms with E-state index in [4.69, 9.17) is 5.26 Å². The number of nitriles is 1. The number of nitrogens with zero attached hydrogens (tertiary/aromatic N) is 3. The van der Waals surface area contributed by atoms with Crippen molar-refractivity contribution in [2.45, 2.75) is 6.92 Å². The number of carbonyl (C=O) groups excluding carboxylic acids is 1. The molecule has 0 bridgehead atoms. The number of rotatable bonds is 3. The van der Waals surface area contributed by atoms with Crippen LogP contribution in [0.2, 0.25) is 0 Å². The monoisotopic (exact) mass is 536 g/mol. The molecule has 0 atom stereocenters. The molecule has 0 radical (unpaired) electrons. The van der Waals surface area contributed by atoms with E-state index in [0.29, 0.717) is 22.2 Å². The topological polar surface area (TPSA) is 74.5 Å². The predicted octanol–water partition coefficient (Wildman–Crippen LogP) is 5.54. The highest BCUT2D eigenvalue weighted by Gasteiger charge is 2.22. The zero-order valence-corrected chi connectivity index (χ0v) is 17.9. The van der Waals surface area contributed by atoms with Crippen molar-refractivity contribution in [3.05, 3.63) is 63.5 Å². The summed E-state index contributed by atoms with van der Waals surface area (Å²) in [5, 5.41) is 9.91. The van der Waals surface area contributed by atoms with Gasteiger partial charge in [0.15, 0.2) is 5.82 Å². The van der Waals surface area contributed by atoms with Gasteiger partial charge in [-0.2, -0.15) is 5.26 Å². The summed E-state index contributed by atoms with van der Waals surface area (Å²) in [6.45, 7) is 2.02. The lowest BCUT2D eigenvalue weighted by Gasteiger charge is -2.08. The smallest absolute Gasteiger partial charge is 0.230 e. The number of hydrogen-bond acceptors (Lipinski definition) is 4. The first-order chi connectivity index (χ1) is 12.5. The summed E-state index contributed by atoms with van der Waals surface area (Å²) in [5.74, 6) is 0.0728. The summed E-state index contributed by atoms with van der Waals surface area (Å²) in [6.07, 6.45) is 1.95. The lowest BCUT2D eigenvalue weighted by atomic mass is 10.0. The summed E-state index contributed by atoms with van der Waals surface area (Å²) in [6, 6.07) is 11.1. The van der Waals surface area contributed by atoms with Crippen LogP contribution in [0.1, 0.15) is 27.3 Å². The molecule has 2 aromatic carbocycles. The van der Waals surface area contributed by atoms with Gasteiger partial charge in [0.25, 0.3) is 0 Å². The number of carbonyl (C=O) groups is 1. The minimum absolute atomic E-state index is 0.187. The predicted molar refractivity (Wildman–Crippen MR) is 116 cm³/mol. The first-order valence-corrected chi connectivity index (χ1v) is 11.7. The van der Waals surface area contributed by atoms with E-state index in [1.165, 1.54) is 0 Å². The highest BCUT2D eigenvalue weighted by atomic mass is 127. The number of H-pyrrole nitrogens is 1. The second-order valence-corrected chi connectivity index (χ2v) is 8.35. The molecule has 4 aromatic rings. The maximum atomic E-state index is 13.2. The van der Waals surface area contributed by atoms with Crippen LogP contribution in [0.4, 0.5) is 0 Å². The van der Waals surface area contributed by atoms with Gasteiger partial charge < -0.3 is 4.98 Å². The van der Waals surface area contributed by atoms with Gasteiger partial charge in [0, 0.05) is 51.9 Å². The average molecular weight is 537 g/mol. The molecular formula is C18H10BrIN4OS. The Bertz CT molecular complexity index is 1240. The minimum atomic E-state index is -0.187. The Balaban J connectivity index is 1.91. The molecule has 0 spiro atoms. The molecule has 2 aromatic heterocycles. The van der Waals surface area contributed by atoms with Crippen LogP contribution >= 0.6 is 46.3 Å². The summed E-state index contributed by atoms with van der Waals surface area (Å²) in [4.78, 5) is 20.7.